The number of carbonyl (C=O) groups excluding carboxylic acids is 1. The normalized spacial score (nSPS) is 15.0. The van der Waals surface area contributed by atoms with Crippen molar-refractivity contribution in [2.45, 2.75) is 219 Å². The minimum absolute atomic E-state index is 0.0479. The summed E-state index contributed by atoms with van der Waals surface area (Å²) in [6.45, 7) is 4.65. The molecule has 0 fully saturated rings. The van der Waals surface area contributed by atoms with E-state index >= 15 is 0 Å². The summed E-state index contributed by atoms with van der Waals surface area (Å²) in [5.41, 5.74) is 0. The number of amides is 1. The molecular formula is C67H112N2O6P+. The van der Waals surface area contributed by atoms with Gasteiger partial charge in [-0.2, -0.15) is 0 Å². The Hall–Kier alpha value is -3.88. The maximum Gasteiger partial charge on any atom is 0.472 e. The smallest absolute Gasteiger partial charge is 0.387 e. The Bertz CT molecular complexity index is 1790. The van der Waals surface area contributed by atoms with Crippen molar-refractivity contribution in [3.63, 3.8) is 0 Å². The molecule has 0 aliphatic carbocycles. The molecule has 9 heteroatoms. The summed E-state index contributed by atoms with van der Waals surface area (Å²) in [5.74, 6) is -0.209. The van der Waals surface area contributed by atoms with Gasteiger partial charge < -0.3 is 19.8 Å². The molecule has 0 radical (unpaired) electrons. The summed E-state index contributed by atoms with van der Waals surface area (Å²) in [6.07, 6.45) is 87.8. The zero-order valence-electron chi connectivity index (χ0n) is 48.9. The zero-order valence-corrected chi connectivity index (χ0v) is 49.8. The maximum atomic E-state index is 12.9. The highest BCUT2D eigenvalue weighted by molar-refractivity contribution is 7.47. The fourth-order valence-electron chi connectivity index (χ4n) is 7.61. The average molecular weight is 1070 g/mol. The van der Waals surface area contributed by atoms with E-state index in [9.17, 15) is 19.4 Å². The number of unbranched alkanes of at least 4 members (excludes halogenated alkanes) is 15. The molecule has 0 aliphatic heterocycles. The van der Waals surface area contributed by atoms with Gasteiger partial charge in [-0.3, -0.25) is 13.8 Å². The van der Waals surface area contributed by atoms with Gasteiger partial charge in [-0.05, 0) is 109 Å². The Morgan fingerprint density at radius 1 is 0.461 bits per heavy atom. The molecule has 0 saturated heterocycles. The Balaban J connectivity index is 4.19. The number of rotatable bonds is 52. The molecule has 1 amide bonds. The van der Waals surface area contributed by atoms with Gasteiger partial charge in [-0.15, -0.1) is 0 Å². The third-order valence-electron chi connectivity index (χ3n) is 12.3. The Kier molecular flexibility index (Phi) is 53.0. The Morgan fingerprint density at radius 3 is 1.16 bits per heavy atom. The van der Waals surface area contributed by atoms with Gasteiger partial charge in [-0.1, -0.05) is 249 Å². The molecule has 0 bridgehead atoms. The van der Waals surface area contributed by atoms with Crippen molar-refractivity contribution in [1.29, 1.82) is 0 Å². The first-order chi connectivity index (χ1) is 37.0. The lowest BCUT2D eigenvalue weighted by atomic mass is 10.0. The van der Waals surface area contributed by atoms with Crippen molar-refractivity contribution >= 4 is 13.7 Å². The average Bonchev–Trinajstić information content (AvgIpc) is 3.38. The molecule has 0 aromatic carbocycles. The van der Waals surface area contributed by atoms with E-state index in [-0.39, 0.29) is 19.1 Å². The molecule has 0 saturated carbocycles. The van der Waals surface area contributed by atoms with E-state index in [0.717, 1.165) is 128 Å². The van der Waals surface area contributed by atoms with Gasteiger partial charge in [0, 0.05) is 6.42 Å². The predicted molar refractivity (Wildman–Crippen MR) is 331 cm³/mol. The number of phosphoric acid groups is 1. The third kappa shape index (κ3) is 57.8. The van der Waals surface area contributed by atoms with Gasteiger partial charge in [0.05, 0.1) is 39.9 Å². The van der Waals surface area contributed by atoms with E-state index in [1.165, 1.54) is 57.8 Å². The van der Waals surface area contributed by atoms with Crippen molar-refractivity contribution in [3.8, 4) is 0 Å². The predicted octanol–water partition coefficient (Wildman–Crippen LogP) is 18.6. The molecule has 3 atom stereocenters. The van der Waals surface area contributed by atoms with Gasteiger partial charge in [0.15, 0.2) is 0 Å². The number of phosphoric ester groups is 1. The quantitative estimate of drug-likeness (QED) is 0.0243. The second-order valence-corrected chi connectivity index (χ2v) is 22.1. The Labute approximate surface area is 467 Å². The number of quaternary nitrogens is 1. The highest BCUT2D eigenvalue weighted by atomic mass is 31.2. The monoisotopic (exact) mass is 1070 g/mol. The molecule has 430 valence electrons. The lowest BCUT2D eigenvalue weighted by Gasteiger charge is -2.25. The van der Waals surface area contributed by atoms with E-state index in [1.807, 2.05) is 27.2 Å². The first-order valence-electron chi connectivity index (χ1n) is 29.9. The van der Waals surface area contributed by atoms with Crippen LogP contribution in [0.3, 0.4) is 0 Å². The summed E-state index contributed by atoms with van der Waals surface area (Å²) >= 11 is 0. The zero-order chi connectivity index (χ0) is 55.6. The van der Waals surface area contributed by atoms with Crippen molar-refractivity contribution in [2.75, 3.05) is 40.9 Å². The number of likely N-dealkylation sites (N-methyl/N-ethyl adjacent to an activating group) is 1. The van der Waals surface area contributed by atoms with Crippen molar-refractivity contribution in [3.05, 3.63) is 158 Å². The summed E-state index contributed by atoms with van der Waals surface area (Å²) in [6, 6.07) is -0.871. The van der Waals surface area contributed by atoms with E-state index in [0.29, 0.717) is 17.4 Å². The molecule has 0 aromatic heterocycles. The molecule has 0 aromatic rings. The second kappa shape index (κ2) is 55.9. The van der Waals surface area contributed by atoms with Gasteiger partial charge in [0.2, 0.25) is 5.91 Å². The molecule has 8 nitrogen and oxygen atoms in total. The van der Waals surface area contributed by atoms with Crippen LogP contribution in [-0.4, -0.2) is 73.4 Å². The number of allylic oxidation sites excluding steroid dienone is 25. The fourth-order valence-corrected chi connectivity index (χ4v) is 8.35. The van der Waals surface area contributed by atoms with E-state index < -0.39 is 20.0 Å². The highest BCUT2D eigenvalue weighted by Gasteiger charge is 2.27. The van der Waals surface area contributed by atoms with Crippen LogP contribution < -0.4 is 5.32 Å². The lowest BCUT2D eigenvalue weighted by Crippen LogP contribution is -2.45. The highest BCUT2D eigenvalue weighted by Crippen LogP contribution is 2.43. The SMILES string of the molecule is CC/C=C\C/C=C\C/C=C\C/C=C\C/C=C\C/C=C\C/C=C\C/C=C\C/C=C\C/C=C\C/C=C\C/C=C\CCCCCCC(=O)NC(COP(=O)(O)OCC[N+](C)(C)C)C(O)/C=C/CCCCCCCCCCCCC. The molecular weight excluding hydrogens is 960 g/mol. The standard InChI is InChI=1S/C67H111N2O6P/c1-6-8-10-12-14-16-18-20-21-22-23-24-25-26-27-28-29-30-31-32-33-34-35-36-37-38-39-40-41-42-43-44-45-46-47-49-51-53-55-57-59-61-67(71)68-65(64-75-76(72,73)74-63-62-69(3,4)5)66(70)60-58-56-54-52-50-48-19-17-15-13-11-9-7-2/h8,10,14,16,20-21,23-24,26-27,29-30,32-33,35-36,38-39,41-42,44-45,47,49,58,60,65-66,70H,6-7,9,11-13,15,17-19,22,25,28,31,34,37,40,43,46,48,50-57,59,61-64H2,1-5H3,(H-,68,71,72,73)/p+1/b10-8-,16-14-,21-20-,24-23-,27-26-,30-29-,33-32-,36-35-,39-38-,42-41-,45-44-,49-47-,60-58+. The topological polar surface area (TPSA) is 105 Å². The number of nitrogens with zero attached hydrogens (tertiary/aromatic N) is 1. The number of nitrogens with one attached hydrogen (secondary N) is 1. The van der Waals surface area contributed by atoms with Crippen LogP contribution in [0.15, 0.2) is 158 Å². The van der Waals surface area contributed by atoms with Crippen LogP contribution in [0.2, 0.25) is 0 Å². The molecule has 0 spiro atoms. The van der Waals surface area contributed by atoms with Gasteiger partial charge >= 0.3 is 7.82 Å². The van der Waals surface area contributed by atoms with Gasteiger partial charge in [0.1, 0.15) is 13.2 Å². The molecule has 76 heavy (non-hydrogen) atoms. The van der Waals surface area contributed by atoms with Crippen molar-refractivity contribution in [1.82, 2.24) is 5.32 Å². The van der Waals surface area contributed by atoms with Crippen molar-refractivity contribution < 1.29 is 32.9 Å². The third-order valence-corrected chi connectivity index (χ3v) is 13.2. The minimum atomic E-state index is -4.36. The van der Waals surface area contributed by atoms with Crippen LogP contribution in [0.25, 0.3) is 0 Å². The van der Waals surface area contributed by atoms with Crippen LogP contribution >= 0.6 is 7.82 Å². The second-order valence-electron chi connectivity index (χ2n) is 20.6. The number of aliphatic hydroxyl groups excluding tert-OH is 1. The lowest BCUT2D eigenvalue weighted by molar-refractivity contribution is -0.870. The molecule has 0 aliphatic rings. The summed E-state index contributed by atoms with van der Waals surface area (Å²) < 4.78 is 23.6. The van der Waals surface area contributed by atoms with Crippen LogP contribution in [0.4, 0.5) is 0 Å². The van der Waals surface area contributed by atoms with Crippen LogP contribution in [0.1, 0.15) is 206 Å². The summed E-state index contributed by atoms with van der Waals surface area (Å²) in [4.78, 5) is 23.2. The Morgan fingerprint density at radius 2 is 0.789 bits per heavy atom. The van der Waals surface area contributed by atoms with Gasteiger partial charge in [-0.25, -0.2) is 4.57 Å². The van der Waals surface area contributed by atoms with E-state index in [4.69, 9.17) is 9.05 Å². The van der Waals surface area contributed by atoms with E-state index in [2.05, 4.69) is 165 Å². The van der Waals surface area contributed by atoms with Crippen LogP contribution in [0.5, 0.6) is 0 Å². The summed E-state index contributed by atoms with van der Waals surface area (Å²) in [7, 11) is 1.53. The van der Waals surface area contributed by atoms with Gasteiger partial charge in [0.25, 0.3) is 0 Å². The maximum absolute atomic E-state index is 12.9. The number of carbonyl (C=O) groups is 1. The molecule has 0 rings (SSSR count). The first kappa shape index (κ1) is 72.1. The largest absolute Gasteiger partial charge is 0.472 e. The first-order valence-corrected chi connectivity index (χ1v) is 31.4. The molecule has 3 unspecified atom stereocenters. The minimum Gasteiger partial charge on any atom is -0.387 e. The number of aliphatic hydroxyl groups is 1. The number of hydrogen-bond acceptors (Lipinski definition) is 5. The molecule has 3 N–H and O–H groups in total. The van der Waals surface area contributed by atoms with E-state index in [1.54, 1.807) is 6.08 Å². The van der Waals surface area contributed by atoms with Crippen LogP contribution in [-0.2, 0) is 18.4 Å². The van der Waals surface area contributed by atoms with Crippen molar-refractivity contribution in [2.24, 2.45) is 0 Å². The molecule has 0 heterocycles. The fraction of sp³-hybridized carbons (Fsp3) is 0.597. The number of hydrogen-bond donors (Lipinski definition) is 3. The summed E-state index contributed by atoms with van der Waals surface area (Å²) in [5, 5.41) is 13.9. The van der Waals surface area contributed by atoms with Crippen LogP contribution in [0, 0.1) is 0 Å².